The minimum atomic E-state index is -3.65. The molecule has 0 bridgehead atoms. The molecule has 0 unspecified atom stereocenters. The molecule has 3 aliphatic carbocycles. The first-order chi connectivity index (χ1) is 15.3. The number of hydrogen-bond donors (Lipinski definition) is 1. The van der Waals surface area contributed by atoms with E-state index < -0.39 is 10.0 Å². The molecule has 32 heavy (non-hydrogen) atoms. The molecule has 0 radical (unpaired) electrons. The van der Waals surface area contributed by atoms with Gasteiger partial charge in [-0.1, -0.05) is 30.7 Å². The van der Waals surface area contributed by atoms with Crippen LogP contribution in [-0.4, -0.2) is 21.2 Å². The number of hydrogen-bond acceptors (Lipinski definition) is 4. The zero-order chi connectivity index (χ0) is 22.5. The van der Waals surface area contributed by atoms with Crippen LogP contribution in [0.2, 0.25) is 0 Å². The molecule has 2 aromatic carbocycles. The molecule has 0 aliphatic heterocycles. The Balaban J connectivity index is 1.37. The quantitative estimate of drug-likeness (QED) is 0.649. The van der Waals surface area contributed by atoms with Crippen molar-refractivity contribution >= 4 is 15.7 Å². The Morgan fingerprint density at radius 3 is 2.59 bits per heavy atom. The van der Waals surface area contributed by atoms with Crippen molar-refractivity contribution in [2.75, 3.05) is 7.11 Å². The number of nitrogens with zero attached hydrogens (tertiary/aromatic N) is 1. The number of aryl methyl sites for hydroxylation is 2. The van der Waals surface area contributed by atoms with Crippen molar-refractivity contribution in [2.24, 2.45) is 22.4 Å². The summed E-state index contributed by atoms with van der Waals surface area (Å²) in [6.07, 6.45) is 6.42. The third-order valence-electron chi connectivity index (χ3n) is 8.31. The van der Waals surface area contributed by atoms with Gasteiger partial charge in [-0.05, 0) is 98.6 Å². The van der Waals surface area contributed by atoms with E-state index in [1.807, 2.05) is 19.1 Å². The molecule has 0 saturated heterocycles. The van der Waals surface area contributed by atoms with Gasteiger partial charge in [0.1, 0.15) is 5.75 Å². The number of benzene rings is 2. The van der Waals surface area contributed by atoms with Gasteiger partial charge in [0.2, 0.25) is 0 Å². The van der Waals surface area contributed by atoms with Crippen LogP contribution >= 0.6 is 0 Å². The SMILES string of the molecule is COc1ccc2c(c1)CC[C@@H]1[C@@H]2CC[C@]2(C)/C(=N\NS(=O)(=O)c3ccc(C)cc3)CC[C@@H]12. The lowest BCUT2D eigenvalue weighted by atomic mass is 9.55. The van der Waals surface area contributed by atoms with Gasteiger partial charge in [-0.15, -0.1) is 0 Å². The molecule has 0 aromatic heterocycles. The van der Waals surface area contributed by atoms with Crippen molar-refractivity contribution in [1.29, 1.82) is 0 Å². The first-order valence-electron chi connectivity index (χ1n) is 11.6. The molecule has 6 heteroatoms. The molecule has 5 rings (SSSR count). The lowest BCUT2D eigenvalue weighted by Gasteiger charge is -2.49. The largest absolute Gasteiger partial charge is 0.497 e. The van der Waals surface area contributed by atoms with Gasteiger partial charge in [0.25, 0.3) is 10.0 Å². The van der Waals surface area contributed by atoms with Gasteiger partial charge >= 0.3 is 0 Å². The minimum Gasteiger partial charge on any atom is -0.497 e. The van der Waals surface area contributed by atoms with Gasteiger partial charge in [-0.3, -0.25) is 0 Å². The molecule has 2 saturated carbocycles. The molecule has 0 heterocycles. The van der Waals surface area contributed by atoms with E-state index in [9.17, 15) is 8.42 Å². The summed E-state index contributed by atoms with van der Waals surface area (Å²) in [5.74, 6) is 2.72. The van der Waals surface area contributed by atoms with Crippen molar-refractivity contribution in [3.63, 3.8) is 0 Å². The highest BCUT2D eigenvalue weighted by Crippen LogP contribution is 2.59. The Hall–Kier alpha value is -2.34. The molecule has 5 nitrogen and oxygen atoms in total. The monoisotopic (exact) mass is 452 g/mol. The first kappa shape index (κ1) is 21.5. The topological polar surface area (TPSA) is 67.8 Å². The van der Waals surface area contributed by atoms with E-state index in [1.165, 1.54) is 17.5 Å². The third kappa shape index (κ3) is 3.53. The van der Waals surface area contributed by atoms with Crippen molar-refractivity contribution in [1.82, 2.24) is 4.83 Å². The molecule has 3 aliphatic rings. The summed E-state index contributed by atoms with van der Waals surface area (Å²) in [5.41, 5.74) is 4.96. The predicted octanol–water partition coefficient (Wildman–Crippen LogP) is 5.19. The van der Waals surface area contributed by atoms with E-state index in [-0.39, 0.29) is 10.3 Å². The number of hydrazone groups is 1. The predicted molar refractivity (Wildman–Crippen MR) is 127 cm³/mol. The average molecular weight is 453 g/mol. The molecule has 4 atom stereocenters. The molecular weight excluding hydrogens is 420 g/mol. The van der Waals surface area contributed by atoms with Gasteiger partial charge in [0.05, 0.1) is 12.0 Å². The van der Waals surface area contributed by atoms with Crippen LogP contribution in [-0.2, 0) is 16.4 Å². The highest BCUT2D eigenvalue weighted by atomic mass is 32.2. The molecule has 2 fully saturated rings. The van der Waals surface area contributed by atoms with Crippen molar-refractivity contribution < 1.29 is 13.2 Å². The Morgan fingerprint density at radius 1 is 1.06 bits per heavy atom. The summed E-state index contributed by atoms with van der Waals surface area (Å²) in [5, 5.41) is 4.52. The number of ether oxygens (including phenoxy) is 1. The molecular formula is C26H32N2O3S. The van der Waals surface area contributed by atoms with E-state index in [0.29, 0.717) is 17.8 Å². The van der Waals surface area contributed by atoms with Crippen LogP contribution in [0.5, 0.6) is 5.75 Å². The summed E-state index contributed by atoms with van der Waals surface area (Å²) in [6, 6.07) is 13.5. The number of methoxy groups -OCH3 is 1. The van der Waals surface area contributed by atoms with Crippen LogP contribution in [0.3, 0.4) is 0 Å². The van der Waals surface area contributed by atoms with E-state index >= 15 is 0 Å². The smallest absolute Gasteiger partial charge is 0.276 e. The normalized spacial score (nSPS) is 30.3. The van der Waals surface area contributed by atoms with Crippen LogP contribution in [0.15, 0.2) is 52.5 Å². The second-order valence-corrected chi connectivity index (χ2v) is 11.6. The van der Waals surface area contributed by atoms with Gasteiger partial charge in [-0.25, -0.2) is 4.83 Å². The van der Waals surface area contributed by atoms with Gasteiger partial charge in [-0.2, -0.15) is 13.5 Å². The van der Waals surface area contributed by atoms with Crippen molar-refractivity contribution in [2.45, 2.75) is 63.2 Å². The highest BCUT2D eigenvalue weighted by molar-refractivity contribution is 7.89. The zero-order valence-corrected chi connectivity index (χ0v) is 19.9. The fourth-order valence-electron chi connectivity index (χ4n) is 6.54. The summed E-state index contributed by atoms with van der Waals surface area (Å²) in [4.78, 5) is 2.80. The molecule has 0 amide bonds. The van der Waals surface area contributed by atoms with Crippen molar-refractivity contribution in [3.8, 4) is 5.75 Å². The van der Waals surface area contributed by atoms with Crippen LogP contribution in [0.25, 0.3) is 0 Å². The number of nitrogens with one attached hydrogen (secondary N) is 1. The lowest BCUT2D eigenvalue weighted by molar-refractivity contribution is 0.0954. The van der Waals surface area contributed by atoms with Gasteiger partial charge < -0.3 is 4.74 Å². The van der Waals surface area contributed by atoms with Crippen LogP contribution in [0.4, 0.5) is 0 Å². The summed E-state index contributed by atoms with van der Waals surface area (Å²) in [6.45, 7) is 4.25. The van der Waals surface area contributed by atoms with Crippen molar-refractivity contribution in [3.05, 3.63) is 59.2 Å². The summed E-state index contributed by atoms with van der Waals surface area (Å²) < 4.78 is 30.9. The van der Waals surface area contributed by atoms with E-state index in [0.717, 1.165) is 49.1 Å². The molecule has 170 valence electrons. The maximum atomic E-state index is 12.8. The summed E-state index contributed by atoms with van der Waals surface area (Å²) >= 11 is 0. The van der Waals surface area contributed by atoms with Crippen LogP contribution in [0, 0.1) is 24.2 Å². The van der Waals surface area contributed by atoms with Gasteiger partial charge in [0, 0.05) is 11.1 Å². The second-order valence-electron chi connectivity index (χ2n) is 9.94. The zero-order valence-electron chi connectivity index (χ0n) is 19.1. The van der Waals surface area contributed by atoms with Gasteiger partial charge in [0.15, 0.2) is 0 Å². The summed E-state index contributed by atoms with van der Waals surface area (Å²) in [7, 11) is -1.92. The Labute approximate surface area is 191 Å². The first-order valence-corrected chi connectivity index (χ1v) is 13.1. The number of sulfonamides is 1. The van der Waals surface area contributed by atoms with Crippen LogP contribution in [0.1, 0.15) is 61.6 Å². The van der Waals surface area contributed by atoms with Crippen LogP contribution < -0.4 is 9.57 Å². The molecule has 1 N–H and O–H groups in total. The molecule has 2 aromatic rings. The standard InChI is InChI=1S/C26H32N2O3S/c1-17-4-8-20(9-5-17)32(29,30)28-27-25-13-12-24-23-10-6-18-16-19(31-3)7-11-21(18)22(23)14-15-26(24,25)2/h4-5,7-9,11,16,22-24,28H,6,10,12-15H2,1-3H3/b27-25-/t22-,23-,24+,26+/m1/s1. The highest BCUT2D eigenvalue weighted by Gasteiger charge is 2.53. The van der Waals surface area contributed by atoms with E-state index in [1.54, 1.807) is 19.2 Å². The average Bonchev–Trinajstić information content (AvgIpc) is 3.13. The number of rotatable bonds is 4. The van der Waals surface area contributed by atoms with E-state index in [4.69, 9.17) is 4.74 Å². The third-order valence-corrected chi connectivity index (χ3v) is 9.53. The van der Waals surface area contributed by atoms with E-state index in [2.05, 4.69) is 35.1 Å². The lowest BCUT2D eigenvalue weighted by Crippen LogP contribution is -2.43. The fourth-order valence-corrected chi connectivity index (χ4v) is 7.37. The number of fused-ring (bicyclic) bond motifs is 5. The Kier molecular flexibility index (Phi) is 5.31. The Morgan fingerprint density at radius 2 is 1.84 bits per heavy atom. The molecule has 0 spiro atoms. The fraction of sp³-hybridized carbons (Fsp3) is 0.500. The Bertz CT molecular complexity index is 1160. The second kappa shape index (κ2) is 7.91. The minimum absolute atomic E-state index is 0.0268. The maximum Gasteiger partial charge on any atom is 0.276 e. The maximum absolute atomic E-state index is 12.8.